The molecule has 1 aliphatic heterocycles. The van der Waals surface area contributed by atoms with Crippen LogP contribution in [0, 0.1) is 0 Å². The molecular weight excluding hydrogens is 302 g/mol. The largest absolute Gasteiger partial charge is 0.352 e. The lowest BCUT2D eigenvalue weighted by atomic mass is 10.1. The number of amides is 2. The van der Waals surface area contributed by atoms with E-state index in [-0.39, 0.29) is 24.2 Å². The Labute approximate surface area is 137 Å². The third kappa shape index (κ3) is 5.00. The summed E-state index contributed by atoms with van der Waals surface area (Å²) in [6, 6.07) is 6.97. The summed E-state index contributed by atoms with van der Waals surface area (Å²) in [6.45, 7) is 5.90. The first-order valence-corrected chi connectivity index (χ1v) is 7.60. The number of nitrogens with zero attached hydrogens (tertiary/aromatic N) is 1. The predicted molar refractivity (Wildman–Crippen MR) is 89.7 cm³/mol. The molecular formula is C16H24ClN3O2. The average Bonchev–Trinajstić information content (AvgIpc) is 2.81. The fourth-order valence-electron chi connectivity index (χ4n) is 2.37. The summed E-state index contributed by atoms with van der Waals surface area (Å²) >= 11 is 0. The van der Waals surface area contributed by atoms with Crippen molar-refractivity contribution in [1.82, 2.24) is 15.5 Å². The number of carbonyl (C=O) groups excluding carboxylic acids is 2. The molecule has 2 amide bonds. The molecule has 0 unspecified atom stereocenters. The van der Waals surface area contributed by atoms with Crippen molar-refractivity contribution in [2.45, 2.75) is 19.8 Å². The Bertz CT molecular complexity index is 500. The van der Waals surface area contributed by atoms with E-state index in [1.54, 1.807) is 24.3 Å². The van der Waals surface area contributed by atoms with Crippen molar-refractivity contribution in [2.24, 2.45) is 0 Å². The maximum atomic E-state index is 12.5. The summed E-state index contributed by atoms with van der Waals surface area (Å²) in [6.07, 6.45) is 1.85. The van der Waals surface area contributed by atoms with E-state index >= 15 is 0 Å². The van der Waals surface area contributed by atoms with Crippen LogP contribution in [0.1, 0.15) is 40.5 Å². The highest BCUT2D eigenvalue weighted by atomic mass is 35.5. The van der Waals surface area contributed by atoms with Gasteiger partial charge in [-0.25, -0.2) is 0 Å². The van der Waals surface area contributed by atoms with Gasteiger partial charge in [-0.05, 0) is 37.6 Å². The van der Waals surface area contributed by atoms with E-state index in [0.29, 0.717) is 24.2 Å². The van der Waals surface area contributed by atoms with E-state index < -0.39 is 0 Å². The van der Waals surface area contributed by atoms with Gasteiger partial charge in [-0.15, -0.1) is 12.4 Å². The molecule has 1 aliphatic rings. The van der Waals surface area contributed by atoms with E-state index in [1.807, 2.05) is 11.8 Å². The molecule has 0 atom stereocenters. The Kier molecular flexibility index (Phi) is 7.91. The van der Waals surface area contributed by atoms with Gasteiger partial charge in [0.1, 0.15) is 0 Å². The molecule has 2 rings (SSSR count). The Morgan fingerprint density at radius 1 is 1.23 bits per heavy atom. The van der Waals surface area contributed by atoms with Gasteiger partial charge in [0, 0.05) is 37.3 Å². The fourth-order valence-corrected chi connectivity index (χ4v) is 2.37. The van der Waals surface area contributed by atoms with Gasteiger partial charge >= 0.3 is 0 Å². The molecule has 1 aromatic rings. The standard InChI is InChI=1S/C16H23N3O2.ClH/c1-2-7-18-15(20)13-5-3-6-14(12-13)16(21)19-10-4-8-17-9-11-19;/h3,5-6,12,17H,2,4,7-11H2,1H3,(H,18,20);1H. The molecule has 1 fully saturated rings. The molecule has 0 aliphatic carbocycles. The Balaban J connectivity index is 0.00000242. The highest BCUT2D eigenvalue weighted by molar-refractivity contribution is 5.99. The maximum absolute atomic E-state index is 12.5. The van der Waals surface area contributed by atoms with Gasteiger partial charge in [-0.1, -0.05) is 13.0 Å². The van der Waals surface area contributed by atoms with Crippen LogP contribution in [-0.2, 0) is 0 Å². The summed E-state index contributed by atoms with van der Waals surface area (Å²) < 4.78 is 0. The lowest BCUT2D eigenvalue weighted by Crippen LogP contribution is -2.34. The summed E-state index contributed by atoms with van der Waals surface area (Å²) in [5.41, 5.74) is 1.13. The topological polar surface area (TPSA) is 61.4 Å². The first-order valence-electron chi connectivity index (χ1n) is 7.60. The minimum atomic E-state index is -0.121. The SMILES string of the molecule is CCCNC(=O)c1cccc(C(=O)N2CCCNCC2)c1.Cl. The van der Waals surface area contributed by atoms with Crippen molar-refractivity contribution < 1.29 is 9.59 Å². The molecule has 6 heteroatoms. The van der Waals surface area contributed by atoms with Crippen molar-refractivity contribution in [3.05, 3.63) is 35.4 Å². The van der Waals surface area contributed by atoms with E-state index in [2.05, 4.69) is 10.6 Å². The Morgan fingerprint density at radius 2 is 2.00 bits per heavy atom. The van der Waals surface area contributed by atoms with Gasteiger partial charge in [0.15, 0.2) is 0 Å². The van der Waals surface area contributed by atoms with E-state index in [1.165, 1.54) is 0 Å². The van der Waals surface area contributed by atoms with Crippen LogP contribution in [0.15, 0.2) is 24.3 Å². The molecule has 5 nitrogen and oxygen atoms in total. The van der Waals surface area contributed by atoms with Gasteiger partial charge in [0.05, 0.1) is 0 Å². The molecule has 1 aromatic carbocycles. The normalized spacial score (nSPS) is 14.7. The van der Waals surface area contributed by atoms with Crippen LogP contribution in [0.3, 0.4) is 0 Å². The van der Waals surface area contributed by atoms with E-state index in [0.717, 1.165) is 32.5 Å². The van der Waals surface area contributed by atoms with E-state index in [9.17, 15) is 9.59 Å². The maximum Gasteiger partial charge on any atom is 0.253 e. The third-order valence-electron chi connectivity index (χ3n) is 3.53. The molecule has 0 saturated carbocycles. The highest BCUT2D eigenvalue weighted by Crippen LogP contribution is 2.10. The zero-order valence-electron chi connectivity index (χ0n) is 12.9. The Morgan fingerprint density at radius 3 is 2.77 bits per heavy atom. The van der Waals surface area contributed by atoms with Gasteiger partial charge in [-0.2, -0.15) is 0 Å². The van der Waals surface area contributed by atoms with Crippen LogP contribution in [0.25, 0.3) is 0 Å². The molecule has 22 heavy (non-hydrogen) atoms. The minimum absolute atomic E-state index is 0. The second-order valence-electron chi connectivity index (χ2n) is 5.23. The molecule has 1 saturated heterocycles. The quantitative estimate of drug-likeness (QED) is 0.885. The van der Waals surface area contributed by atoms with Crippen LogP contribution in [0.5, 0.6) is 0 Å². The number of carbonyl (C=O) groups is 2. The molecule has 122 valence electrons. The number of rotatable bonds is 4. The second kappa shape index (κ2) is 9.43. The first-order chi connectivity index (χ1) is 10.2. The highest BCUT2D eigenvalue weighted by Gasteiger charge is 2.18. The summed E-state index contributed by atoms with van der Waals surface area (Å²) in [5.74, 6) is -0.118. The lowest BCUT2D eigenvalue weighted by Gasteiger charge is -2.20. The lowest BCUT2D eigenvalue weighted by molar-refractivity contribution is 0.0766. The number of hydrogen-bond donors (Lipinski definition) is 2. The summed E-state index contributed by atoms with van der Waals surface area (Å²) in [5, 5.41) is 6.11. The minimum Gasteiger partial charge on any atom is -0.352 e. The van der Waals surface area contributed by atoms with Crippen molar-refractivity contribution in [3.8, 4) is 0 Å². The van der Waals surface area contributed by atoms with Crippen LogP contribution >= 0.6 is 12.4 Å². The van der Waals surface area contributed by atoms with Gasteiger partial charge in [0.2, 0.25) is 0 Å². The zero-order valence-corrected chi connectivity index (χ0v) is 13.7. The Hall–Kier alpha value is -1.59. The van der Waals surface area contributed by atoms with Crippen LogP contribution in [0.4, 0.5) is 0 Å². The smallest absolute Gasteiger partial charge is 0.253 e. The number of halogens is 1. The van der Waals surface area contributed by atoms with Crippen LogP contribution < -0.4 is 10.6 Å². The molecule has 0 bridgehead atoms. The van der Waals surface area contributed by atoms with Crippen molar-refractivity contribution in [3.63, 3.8) is 0 Å². The van der Waals surface area contributed by atoms with Gasteiger partial charge < -0.3 is 15.5 Å². The van der Waals surface area contributed by atoms with E-state index in [4.69, 9.17) is 0 Å². The monoisotopic (exact) mass is 325 g/mol. The fraction of sp³-hybridized carbons (Fsp3) is 0.500. The molecule has 2 N–H and O–H groups in total. The average molecular weight is 326 g/mol. The van der Waals surface area contributed by atoms with Gasteiger partial charge in [0.25, 0.3) is 11.8 Å². The summed E-state index contributed by atoms with van der Waals surface area (Å²) in [4.78, 5) is 26.3. The van der Waals surface area contributed by atoms with Crippen molar-refractivity contribution in [2.75, 3.05) is 32.7 Å². The van der Waals surface area contributed by atoms with Crippen LogP contribution in [0.2, 0.25) is 0 Å². The summed E-state index contributed by atoms with van der Waals surface area (Å²) in [7, 11) is 0. The molecule has 0 radical (unpaired) electrons. The van der Waals surface area contributed by atoms with Crippen molar-refractivity contribution >= 4 is 24.2 Å². The third-order valence-corrected chi connectivity index (χ3v) is 3.53. The van der Waals surface area contributed by atoms with Crippen LogP contribution in [-0.4, -0.2) is 49.4 Å². The number of nitrogens with one attached hydrogen (secondary N) is 2. The zero-order chi connectivity index (χ0) is 15.1. The molecule has 0 aromatic heterocycles. The predicted octanol–water partition coefficient (Wildman–Crippen LogP) is 1.68. The second-order valence-corrected chi connectivity index (χ2v) is 5.23. The number of benzene rings is 1. The van der Waals surface area contributed by atoms with Gasteiger partial charge in [-0.3, -0.25) is 9.59 Å². The van der Waals surface area contributed by atoms with Crippen molar-refractivity contribution in [1.29, 1.82) is 0 Å². The first kappa shape index (κ1) is 18.5. The molecule has 0 spiro atoms. The molecule has 1 heterocycles. The number of hydrogen-bond acceptors (Lipinski definition) is 3.